The van der Waals surface area contributed by atoms with E-state index in [1.807, 2.05) is 48.3 Å². The Hall–Kier alpha value is -1.57. The lowest BCUT2D eigenvalue weighted by atomic mass is 10.2. The lowest BCUT2D eigenvalue weighted by Crippen LogP contribution is -2.17. The summed E-state index contributed by atoms with van der Waals surface area (Å²) in [5.74, 6) is 0.726. The third-order valence-corrected chi connectivity index (χ3v) is 3.49. The van der Waals surface area contributed by atoms with Crippen LogP contribution in [0.5, 0.6) is 0 Å². The number of benzene rings is 1. The molecule has 0 saturated carbocycles. The fraction of sp³-hybridized carbons (Fsp3) is 0.143. The minimum Gasteiger partial charge on any atom is -0.355 e. The molecule has 0 unspecified atom stereocenters. The zero-order valence-electron chi connectivity index (χ0n) is 10.3. The lowest BCUT2D eigenvalue weighted by Gasteiger charge is -2.18. The predicted molar refractivity (Wildman–Crippen MR) is 80.2 cm³/mol. The number of anilines is 1. The maximum absolute atomic E-state index is 8.92. The van der Waals surface area contributed by atoms with Crippen molar-refractivity contribution in [2.24, 2.45) is 0 Å². The molecule has 5 heteroatoms. The molecule has 0 aliphatic heterocycles. The van der Waals surface area contributed by atoms with Crippen LogP contribution in [-0.2, 0) is 6.54 Å². The van der Waals surface area contributed by atoms with Crippen molar-refractivity contribution in [3.8, 4) is 6.07 Å². The molecule has 0 fully saturated rings. The highest BCUT2D eigenvalue weighted by molar-refractivity contribution is 9.10. The van der Waals surface area contributed by atoms with E-state index in [2.05, 4.69) is 20.9 Å². The second-order valence-electron chi connectivity index (χ2n) is 4.09. The molecule has 0 radical (unpaired) electrons. The minimum absolute atomic E-state index is 0.252. The summed E-state index contributed by atoms with van der Waals surface area (Å²) < 4.78 is 1.05. The fourth-order valence-electron chi connectivity index (χ4n) is 1.67. The van der Waals surface area contributed by atoms with Crippen LogP contribution in [0.2, 0.25) is 5.02 Å². The molecule has 0 aliphatic rings. The van der Waals surface area contributed by atoms with Gasteiger partial charge in [-0.3, -0.25) is 0 Å². The van der Waals surface area contributed by atoms with Crippen LogP contribution in [0, 0.1) is 11.3 Å². The SMILES string of the molecule is CN(Cc1ccc(Br)cc1)c1ccc(Cl)c(C#N)n1. The Kier molecular flexibility index (Phi) is 4.41. The van der Waals surface area contributed by atoms with Crippen molar-refractivity contribution in [1.82, 2.24) is 4.98 Å². The van der Waals surface area contributed by atoms with Crippen LogP contribution in [0.3, 0.4) is 0 Å². The average Bonchev–Trinajstić information content (AvgIpc) is 2.42. The standard InChI is InChI=1S/C14H11BrClN3/c1-19(9-10-2-4-11(15)5-3-10)14-7-6-12(16)13(8-17)18-14/h2-7H,9H2,1H3. The van der Waals surface area contributed by atoms with Gasteiger partial charge in [0.15, 0.2) is 5.69 Å². The van der Waals surface area contributed by atoms with Gasteiger partial charge in [-0.2, -0.15) is 5.26 Å². The second-order valence-corrected chi connectivity index (χ2v) is 5.42. The van der Waals surface area contributed by atoms with Gasteiger partial charge in [-0.25, -0.2) is 4.98 Å². The Bertz CT molecular complexity index is 620. The topological polar surface area (TPSA) is 39.9 Å². The molecule has 19 heavy (non-hydrogen) atoms. The van der Waals surface area contributed by atoms with E-state index >= 15 is 0 Å². The maximum Gasteiger partial charge on any atom is 0.161 e. The highest BCUT2D eigenvalue weighted by Gasteiger charge is 2.07. The summed E-state index contributed by atoms with van der Waals surface area (Å²) >= 11 is 9.28. The highest BCUT2D eigenvalue weighted by Crippen LogP contribution is 2.19. The molecule has 1 heterocycles. The third-order valence-electron chi connectivity index (χ3n) is 2.66. The van der Waals surface area contributed by atoms with Gasteiger partial charge in [-0.15, -0.1) is 0 Å². The van der Waals surface area contributed by atoms with Gasteiger partial charge < -0.3 is 4.90 Å². The van der Waals surface area contributed by atoms with Crippen LogP contribution in [0.4, 0.5) is 5.82 Å². The van der Waals surface area contributed by atoms with Gasteiger partial charge in [0.25, 0.3) is 0 Å². The Balaban J connectivity index is 2.18. The summed E-state index contributed by atoms with van der Waals surface area (Å²) in [5.41, 5.74) is 1.42. The van der Waals surface area contributed by atoms with Gasteiger partial charge in [0.2, 0.25) is 0 Å². The van der Waals surface area contributed by atoms with E-state index in [4.69, 9.17) is 16.9 Å². The monoisotopic (exact) mass is 335 g/mol. The molecular weight excluding hydrogens is 326 g/mol. The van der Waals surface area contributed by atoms with Gasteiger partial charge in [0.1, 0.15) is 11.9 Å². The van der Waals surface area contributed by atoms with Crippen LogP contribution in [0.1, 0.15) is 11.3 Å². The summed E-state index contributed by atoms with van der Waals surface area (Å²) in [6.45, 7) is 0.715. The van der Waals surface area contributed by atoms with E-state index in [0.29, 0.717) is 11.6 Å². The molecule has 2 rings (SSSR count). The quantitative estimate of drug-likeness (QED) is 0.850. The van der Waals surface area contributed by atoms with Crippen molar-refractivity contribution in [3.63, 3.8) is 0 Å². The highest BCUT2D eigenvalue weighted by atomic mass is 79.9. The molecule has 0 N–H and O–H groups in total. The smallest absolute Gasteiger partial charge is 0.161 e. The number of halogens is 2. The van der Waals surface area contributed by atoms with Crippen molar-refractivity contribution < 1.29 is 0 Å². The number of nitrogens with zero attached hydrogens (tertiary/aromatic N) is 3. The summed E-state index contributed by atoms with van der Waals surface area (Å²) in [6, 6.07) is 13.6. The van der Waals surface area contributed by atoms with Crippen molar-refractivity contribution in [2.45, 2.75) is 6.54 Å². The first-order chi connectivity index (χ1) is 9.10. The van der Waals surface area contributed by atoms with Crippen molar-refractivity contribution in [3.05, 3.63) is 57.2 Å². The summed E-state index contributed by atoms with van der Waals surface area (Å²) in [5, 5.41) is 9.30. The molecule has 1 aromatic heterocycles. The Labute approximate surface area is 125 Å². The van der Waals surface area contributed by atoms with E-state index < -0.39 is 0 Å². The number of hydrogen-bond acceptors (Lipinski definition) is 3. The van der Waals surface area contributed by atoms with Gasteiger partial charge in [-0.05, 0) is 29.8 Å². The average molecular weight is 337 g/mol. The maximum atomic E-state index is 8.92. The molecule has 96 valence electrons. The van der Waals surface area contributed by atoms with Crippen LogP contribution < -0.4 is 4.90 Å². The van der Waals surface area contributed by atoms with Gasteiger partial charge in [0, 0.05) is 18.1 Å². The molecule has 2 aromatic rings. The zero-order chi connectivity index (χ0) is 13.8. The Morgan fingerprint density at radius 3 is 2.58 bits per heavy atom. The molecule has 1 aromatic carbocycles. The molecule has 0 atom stereocenters. The zero-order valence-corrected chi connectivity index (χ0v) is 12.6. The predicted octanol–water partition coefficient (Wildman–Crippen LogP) is 4.01. The molecule has 0 bridgehead atoms. The molecule has 0 saturated heterocycles. The minimum atomic E-state index is 0.252. The first-order valence-corrected chi connectivity index (χ1v) is 6.79. The third kappa shape index (κ3) is 3.46. The van der Waals surface area contributed by atoms with Crippen LogP contribution in [0.25, 0.3) is 0 Å². The van der Waals surface area contributed by atoms with Crippen molar-refractivity contribution >= 4 is 33.3 Å². The molecule has 0 amide bonds. The number of rotatable bonds is 3. The van der Waals surface area contributed by atoms with Gasteiger partial charge >= 0.3 is 0 Å². The fourth-order valence-corrected chi connectivity index (χ4v) is 2.08. The number of hydrogen-bond donors (Lipinski definition) is 0. The largest absolute Gasteiger partial charge is 0.355 e. The van der Waals surface area contributed by atoms with Crippen LogP contribution in [-0.4, -0.2) is 12.0 Å². The molecule has 3 nitrogen and oxygen atoms in total. The lowest BCUT2D eigenvalue weighted by molar-refractivity contribution is 0.895. The van der Waals surface area contributed by atoms with E-state index in [0.717, 1.165) is 10.3 Å². The number of aromatic nitrogens is 1. The number of pyridine rings is 1. The number of nitriles is 1. The van der Waals surface area contributed by atoms with Crippen LogP contribution in [0.15, 0.2) is 40.9 Å². The van der Waals surface area contributed by atoms with E-state index in [-0.39, 0.29) is 5.69 Å². The molecule has 0 aliphatic carbocycles. The first-order valence-electron chi connectivity index (χ1n) is 5.62. The first kappa shape index (κ1) is 13.9. The molecule has 0 spiro atoms. The summed E-state index contributed by atoms with van der Waals surface area (Å²) in [7, 11) is 1.93. The molecular formula is C14H11BrClN3. The Morgan fingerprint density at radius 2 is 1.95 bits per heavy atom. The van der Waals surface area contributed by atoms with Crippen molar-refractivity contribution in [1.29, 1.82) is 5.26 Å². The Morgan fingerprint density at radius 1 is 1.26 bits per heavy atom. The normalized spacial score (nSPS) is 10.0. The van der Waals surface area contributed by atoms with Gasteiger partial charge in [-0.1, -0.05) is 39.7 Å². The summed E-state index contributed by atoms with van der Waals surface area (Å²) in [4.78, 5) is 6.20. The summed E-state index contributed by atoms with van der Waals surface area (Å²) in [6.07, 6.45) is 0. The second kappa shape index (κ2) is 6.05. The van der Waals surface area contributed by atoms with E-state index in [9.17, 15) is 0 Å². The van der Waals surface area contributed by atoms with E-state index in [1.54, 1.807) is 6.07 Å². The van der Waals surface area contributed by atoms with Gasteiger partial charge in [0.05, 0.1) is 5.02 Å². The van der Waals surface area contributed by atoms with Crippen LogP contribution >= 0.6 is 27.5 Å². The van der Waals surface area contributed by atoms with Crippen molar-refractivity contribution in [2.75, 3.05) is 11.9 Å². The van der Waals surface area contributed by atoms with E-state index in [1.165, 1.54) is 5.56 Å².